The third-order valence-electron chi connectivity index (χ3n) is 4.84. The normalized spacial score (nSPS) is 20.8. The molecule has 0 radical (unpaired) electrons. The Kier molecular flexibility index (Phi) is 3.42. The van der Waals surface area contributed by atoms with E-state index in [1.165, 1.54) is 4.90 Å². The van der Waals surface area contributed by atoms with Crippen LogP contribution in [-0.2, 0) is 9.59 Å². The quantitative estimate of drug-likeness (QED) is 0.676. The van der Waals surface area contributed by atoms with E-state index in [1.807, 2.05) is 72.8 Å². The minimum Gasteiger partial charge on any atom is -0.285 e. The van der Waals surface area contributed by atoms with E-state index in [9.17, 15) is 9.59 Å². The highest BCUT2D eigenvalue weighted by molar-refractivity contribution is 6.11. The standard InChI is InChI=1S/C21H17NO2/c1-22-20(23)18(15-9-3-2-4-10-15)19(21(22)24)17-13-7-11-14-8-5-6-12-16(14)17/h2-13,18-19H,1H3/t18-,19-/m0/s1. The SMILES string of the molecule is CN1C(=O)[C@@H](c2ccccc2)[C@H](c2cccc3ccccc23)C1=O. The number of rotatable bonds is 2. The summed E-state index contributed by atoms with van der Waals surface area (Å²) in [5.41, 5.74) is 1.81. The van der Waals surface area contributed by atoms with Crippen LogP contribution in [0.3, 0.4) is 0 Å². The van der Waals surface area contributed by atoms with Crippen LogP contribution in [0.4, 0.5) is 0 Å². The third kappa shape index (κ3) is 2.13. The van der Waals surface area contributed by atoms with Crippen molar-refractivity contribution in [3.8, 4) is 0 Å². The lowest BCUT2D eigenvalue weighted by molar-refractivity contribution is -0.137. The van der Waals surface area contributed by atoms with E-state index < -0.39 is 11.8 Å². The molecule has 3 aromatic rings. The van der Waals surface area contributed by atoms with E-state index in [0.29, 0.717) is 0 Å². The average molecular weight is 315 g/mol. The first kappa shape index (κ1) is 14.6. The van der Waals surface area contributed by atoms with Crippen molar-refractivity contribution >= 4 is 22.6 Å². The fourth-order valence-corrected chi connectivity index (χ4v) is 3.64. The third-order valence-corrected chi connectivity index (χ3v) is 4.84. The van der Waals surface area contributed by atoms with Gasteiger partial charge in [0.1, 0.15) is 0 Å². The molecule has 3 heteroatoms. The fourth-order valence-electron chi connectivity index (χ4n) is 3.64. The number of nitrogens with zero attached hydrogens (tertiary/aromatic N) is 1. The van der Waals surface area contributed by atoms with E-state index >= 15 is 0 Å². The predicted molar refractivity (Wildman–Crippen MR) is 93.6 cm³/mol. The summed E-state index contributed by atoms with van der Waals surface area (Å²) >= 11 is 0. The molecule has 0 aromatic heterocycles. The number of carbonyl (C=O) groups excluding carboxylic acids is 2. The lowest BCUT2D eigenvalue weighted by atomic mass is 9.81. The monoisotopic (exact) mass is 315 g/mol. The summed E-state index contributed by atoms with van der Waals surface area (Å²) in [6, 6.07) is 23.5. The molecule has 0 saturated carbocycles. The second-order valence-corrected chi connectivity index (χ2v) is 6.17. The van der Waals surface area contributed by atoms with Gasteiger partial charge in [-0.3, -0.25) is 14.5 Å². The first-order valence-electron chi connectivity index (χ1n) is 8.02. The Morgan fingerprint density at radius 3 is 2.12 bits per heavy atom. The molecular weight excluding hydrogens is 298 g/mol. The van der Waals surface area contributed by atoms with Gasteiger partial charge in [0.05, 0.1) is 11.8 Å². The topological polar surface area (TPSA) is 37.4 Å². The molecule has 0 aliphatic carbocycles. The number of hydrogen-bond acceptors (Lipinski definition) is 2. The van der Waals surface area contributed by atoms with Crippen LogP contribution < -0.4 is 0 Å². The molecule has 1 aliphatic heterocycles. The molecule has 1 heterocycles. The smallest absolute Gasteiger partial charge is 0.237 e. The van der Waals surface area contributed by atoms with Crippen LogP contribution in [0.15, 0.2) is 72.8 Å². The number of likely N-dealkylation sites (tertiary alicyclic amines) is 1. The van der Waals surface area contributed by atoms with Crippen LogP contribution in [0, 0.1) is 0 Å². The second kappa shape index (κ2) is 5.60. The summed E-state index contributed by atoms with van der Waals surface area (Å²) < 4.78 is 0. The summed E-state index contributed by atoms with van der Waals surface area (Å²) in [5.74, 6) is -1.21. The van der Waals surface area contributed by atoms with Crippen LogP contribution in [0.2, 0.25) is 0 Å². The molecule has 24 heavy (non-hydrogen) atoms. The van der Waals surface area contributed by atoms with Gasteiger partial charge in [0.25, 0.3) is 0 Å². The van der Waals surface area contributed by atoms with Gasteiger partial charge in [0.2, 0.25) is 11.8 Å². The van der Waals surface area contributed by atoms with Gasteiger partial charge in [-0.2, -0.15) is 0 Å². The van der Waals surface area contributed by atoms with Crippen molar-refractivity contribution in [2.75, 3.05) is 7.05 Å². The first-order chi connectivity index (χ1) is 11.7. The Morgan fingerprint density at radius 2 is 1.33 bits per heavy atom. The van der Waals surface area contributed by atoms with E-state index in [2.05, 4.69) is 0 Å². The number of carbonyl (C=O) groups is 2. The summed E-state index contributed by atoms with van der Waals surface area (Å²) in [4.78, 5) is 26.9. The molecule has 1 aliphatic rings. The minimum atomic E-state index is -0.476. The maximum atomic E-state index is 12.8. The highest BCUT2D eigenvalue weighted by Crippen LogP contribution is 2.43. The first-order valence-corrected chi connectivity index (χ1v) is 8.02. The maximum Gasteiger partial charge on any atom is 0.237 e. The molecule has 3 aromatic carbocycles. The fraction of sp³-hybridized carbons (Fsp3) is 0.143. The summed E-state index contributed by atoms with van der Waals surface area (Å²) in [6.45, 7) is 0. The molecule has 0 bridgehead atoms. The van der Waals surface area contributed by atoms with Gasteiger partial charge in [-0.05, 0) is 21.9 Å². The van der Waals surface area contributed by atoms with Crippen LogP contribution in [0.5, 0.6) is 0 Å². The zero-order valence-electron chi connectivity index (χ0n) is 13.3. The van der Waals surface area contributed by atoms with Crippen LogP contribution in [-0.4, -0.2) is 23.8 Å². The number of likely N-dealkylation sites (N-methyl/N-ethyl adjacent to an activating group) is 1. The van der Waals surface area contributed by atoms with E-state index in [1.54, 1.807) is 7.05 Å². The Labute approximate surface area is 140 Å². The van der Waals surface area contributed by atoms with E-state index in [0.717, 1.165) is 21.9 Å². The van der Waals surface area contributed by atoms with E-state index in [-0.39, 0.29) is 11.8 Å². The van der Waals surface area contributed by atoms with Crippen molar-refractivity contribution in [3.05, 3.63) is 83.9 Å². The minimum absolute atomic E-state index is 0.134. The van der Waals surface area contributed by atoms with Crippen molar-refractivity contribution in [2.24, 2.45) is 0 Å². The van der Waals surface area contributed by atoms with Crippen molar-refractivity contribution in [2.45, 2.75) is 11.8 Å². The van der Waals surface area contributed by atoms with E-state index in [4.69, 9.17) is 0 Å². The van der Waals surface area contributed by atoms with Crippen molar-refractivity contribution in [1.29, 1.82) is 0 Å². The maximum absolute atomic E-state index is 12.8. The summed E-state index contributed by atoms with van der Waals surface area (Å²) in [7, 11) is 1.58. The molecule has 1 saturated heterocycles. The van der Waals surface area contributed by atoms with Gasteiger partial charge in [-0.1, -0.05) is 72.8 Å². The van der Waals surface area contributed by atoms with Gasteiger partial charge >= 0.3 is 0 Å². The number of benzene rings is 3. The lowest BCUT2D eigenvalue weighted by Crippen LogP contribution is -2.25. The van der Waals surface area contributed by atoms with Gasteiger partial charge in [0, 0.05) is 7.05 Å². The predicted octanol–water partition coefficient (Wildman–Crippen LogP) is 3.71. The highest BCUT2D eigenvalue weighted by Gasteiger charge is 2.47. The lowest BCUT2D eigenvalue weighted by Gasteiger charge is -2.18. The van der Waals surface area contributed by atoms with Gasteiger partial charge in [-0.25, -0.2) is 0 Å². The molecule has 0 spiro atoms. The Morgan fingerprint density at radius 1 is 0.708 bits per heavy atom. The highest BCUT2D eigenvalue weighted by atomic mass is 16.2. The summed E-state index contributed by atoms with van der Waals surface area (Å²) in [6.07, 6.45) is 0. The largest absolute Gasteiger partial charge is 0.285 e. The number of imide groups is 1. The Hall–Kier alpha value is -2.94. The molecule has 118 valence electrons. The molecule has 0 unspecified atom stereocenters. The molecular formula is C21H17NO2. The van der Waals surface area contributed by atoms with Crippen molar-refractivity contribution < 1.29 is 9.59 Å². The molecule has 0 N–H and O–H groups in total. The van der Waals surface area contributed by atoms with Crippen LogP contribution >= 0.6 is 0 Å². The second-order valence-electron chi connectivity index (χ2n) is 6.17. The van der Waals surface area contributed by atoms with Crippen LogP contribution in [0.1, 0.15) is 23.0 Å². The molecule has 2 amide bonds. The molecule has 2 atom stereocenters. The number of amides is 2. The Bertz CT molecular complexity index is 927. The molecule has 1 fully saturated rings. The van der Waals surface area contributed by atoms with Crippen molar-refractivity contribution in [1.82, 2.24) is 4.90 Å². The average Bonchev–Trinajstić information content (AvgIpc) is 2.86. The van der Waals surface area contributed by atoms with Gasteiger partial charge in [-0.15, -0.1) is 0 Å². The zero-order valence-corrected chi connectivity index (χ0v) is 13.3. The van der Waals surface area contributed by atoms with Crippen molar-refractivity contribution in [3.63, 3.8) is 0 Å². The Balaban J connectivity index is 1.93. The summed E-state index contributed by atoms with van der Waals surface area (Å²) in [5, 5.41) is 2.11. The molecule has 3 nitrogen and oxygen atoms in total. The molecule has 4 rings (SSSR count). The number of fused-ring (bicyclic) bond motifs is 1. The number of hydrogen-bond donors (Lipinski definition) is 0. The van der Waals surface area contributed by atoms with Gasteiger partial charge in [0.15, 0.2) is 0 Å². The zero-order chi connectivity index (χ0) is 16.7. The van der Waals surface area contributed by atoms with Gasteiger partial charge < -0.3 is 0 Å². The van der Waals surface area contributed by atoms with Crippen LogP contribution in [0.25, 0.3) is 10.8 Å².